The Bertz CT molecular complexity index is 1460. The fourth-order valence-corrected chi connectivity index (χ4v) is 5.15. The number of hydrogen-bond donors (Lipinski definition) is 0. The van der Waals surface area contributed by atoms with Crippen LogP contribution in [0.5, 0.6) is 5.75 Å². The van der Waals surface area contributed by atoms with Gasteiger partial charge in [-0.15, -0.1) is 11.3 Å². The van der Waals surface area contributed by atoms with Crippen molar-refractivity contribution in [3.8, 4) is 5.75 Å². The number of fused-ring (bicyclic) bond motifs is 2. The summed E-state index contributed by atoms with van der Waals surface area (Å²) in [6, 6.07) is 12.3. The summed E-state index contributed by atoms with van der Waals surface area (Å²) in [6.45, 7) is 9.97. The second-order valence-electron chi connectivity index (χ2n) is 8.24. The first-order valence-corrected chi connectivity index (χ1v) is 12.0. The first-order chi connectivity index (χ1) is 16.4. The van der Waals surface area contributed by atoms with E-state index >= 15 is 0 Å². The van der Waals surface area contributed by atoms with Crippen LogP contribution < -0.4 is 15.1 Å². The van der Waals surface area contributed by atoms with Crippen LogP contribution in [0, 0.1) is 13.8 Å². The van der Waals surface area contributed by atoms with E-state index in [9.17, 15) is 9.59 Å². The van der Waals surface area contributed by atoms with Crippen LogP contribution in [0.4, 0.5) is 5.13 Å². The minimum absolute atomic E-state index is 0.0734. The van der Waals surface area contributed by atoms with Crippen LogP contribution in [-0.4, -0.2) is 17.5 Å². The lowest BCUT2D eigenvalue weighted by atomic mass is 9.98. The van der Waals surface area contributed by atoms with Crippen LogP contribution in [0.2, 0.25) is 0 Å². The summed E-state index contributed by atoms with van der Waals surface area (Å²) < 4.78 is 11.7. The molecule has 0 N–H and O–H groups in total. The SMILES string of the molecule is C=CCOc1ccc(C2c3c(oc4ccc(CC)cc4c3=O)C(=O)N2c2nc(C)c(C)s2)cc1. The van der Waals surface area contributed by atoms with E-state index < -0.39 is 6.04 Å². The van der Waals surface area contributed by atoms with Crippen molar-refractivity contribution in [2.45, 2.75) is 33.2 Å². The highest BCUT2D eigenvalue weighted by Gasteiger charge is 2.45. The van der Waals surface area contributed by atoms with Gasteiger partial charge in [-0.25, -0.2) is 4.98 Å². The van der Waals surface area contributed by atoms with E-state index in [1.165, 1.54) is 11.3 Å². The molecule has 0 bridgehead atoms. The second-order valence-corrected chi connectivity index (χ2v) is 9.42. The van der Waals surface area contributed by atoms with Crippen molar-refractivity contribution < 1.29 is 13.9 Å². The van der Waals surface area contributed by atoms with Gasteiger partial charge < -0.3 is 9.15 Å². The van der Waals surface area contributed by atoms with Crippen LogP contribution in [0.3, 0.4) is 0 Å². The number of anilines is 1. The molecule has 0 saturated carbocycles. The van der Waals surface area contributed by atoms with Crippen LogP contribution in [0.15, 0.2) is 64.3 Å². The molecule has 7 heteroatoms. The maximum absolute atomic E-state index is 13.8. The Morgan fingerprint density at radius 1 is 1.18 bits per heavy atom. The summed E-state index contributed by atoms with van der Waals surface area (Å²) in [5, 5.41) is 1.02. The van der Waals surface area contributed by atoms with Crippen molar-refractivity contribution >= 4 is 33.3 Å². The predicted molar refractivity (Wildman–Crippen MR) is 134 cm³/mol. The van der Waals surface area contributed by atoms with Crippen LogP contribution >= 0.6 is 11.3 Å². The van der Waals surface area contributed by atoms with Crippen LogP contribution in [-0.2, 0) is 6.42 Å². The third-order valence-corrected chi connectivity index (χ3v) is 7.20. The minimum atomic E-state index is -0.646. The maximum Gasteiger partial charge on any atom is 0.297 e. The third-order valence-electron chi connectivity index (χ3n) is 6.13. The number of nitrogens with zero attached hydrogens (tertiary/aromatic N) is 2. The van der Waals surface area contributed by atoms with Gasteiger partial charge in [0.2, 0.25) is 5.76 Å². The molecule has 4 aromatic rings. The number of hydrogen-bond acceptors (Lipinski definition) is 6. The lowest BCUT2D eigenvalue weighted by molar-refractivity contribution is 0.0971. The van der Waals surface area contributed by atoms with Gasteiger partial charge in [0.15, 0.2) is 10.6 Å². The molecule has 2 aromatic heterocycles. The van der Waals surface area contributed by atoms with E-state index in [1.807, 2.05) is 57.2 Å². The molecule has 0 radical (unpaired) electrons. The van der Waals surface area contributed by atoms with Crippen molar-refractivity contribution in [2.24, 2.45) is 0 Å². The fraction of sp³-hybridized carbons (Fsp3) is 0.222. The van der Waals surface area contributed by atoms with Gasteiger partial charge >= 0.3 is 0 Å². The number of thiazole rings is 1. The highest BCUT2D eigenvalue weighted by Crippen LogP contribution is 2.43. The largest absolute Gasteiger partial charge is 0.490 e. The van der Waals surface area contributed by atoms with Crippen molar-refractivity contribution in [1.82, 2.24) is 4.98 Å². The number of aryl methyl sites for hydroxylation is 3. The molecule has 0 fully saturated rings. The number of aromatic nitrogens is 1. The minimum Gasteiger partial charge on any atom is -0.490 e. The fourth-order valence-electron chi connectivity index (χ4n) is 4.21. The van der Waals surface area contributed by atoms with Crippen molar-refractivity contribution in [2.75, 3.05) is 11.5 Å². The molecule has 172 valence electrons. The number of benzene rings is 2. The summed E-state index contributed by atoms with van der Waals surface area (Å²) >= 11 is 1.43. The summed E-state index contributed by atoms with van der Waals surface area (Å²) in [7, 11) is 0. The average Bonchev–Trinajstić information content (AvgIpc) is 3.33. The third kappa shape index (κ3) is 3.53. The van der Waals surface area contributed by atoms with Gasteiger partial charge in [-0.05, 0) is 55.7 Å². The zero-order chi connectivity index (χ0) is 24.0. The predicted octanol–water partition coefficient (Wildman–Crippen LogP) is 5.74. The molecule has 34 heavy (non-hydrogen) atoms. The molecule has 1 amide bonds. The van der Waals surface area contributed by atoms with E-state index in [0.717, 1.165) is 28.1 Å². The van der Waals surface area contributed by atoms with Crippen molar-refractivity contribution in [1.29, 1.82) is 0 Å². The Balaban J connectivity index is 1.73. The monoisotopic (exact) mass is 472 g/mol. The summed E-state index contributed by atoms with van der Waals surface area (Å²) in [6.07, 6.45) is 2.47. The molecular weight excluding hydrogens is 448 g/mol. The van der Waals surface area contributed by atoms with E-state index in [1.54, 1.807) is 17.0 Å². The van der Waals surface area contributed by atoms with Crippen LogP contribution in [0.25, 0.3) is 11.0 Å². The molecule has 0 spiro atoms. The smallest absolute Gasteiger partial charge is 0.297 e. The number of carbonyl (C=O) groups is 1. The van der Waals surface area contributed by atoms with Crippen molar-refractivity contribution in [3.05, 3.63) is 98.4 Å². The number of ether oxygens (including phenoxy) is 1. The highest BCUT2D eigenvalue weighted by atomic mass is 32.1. The number of amides is 1. The Morgan fingerprint density at radius 3 is 2.59 bits per heavy atom. The van der Waals surface area contributed by atoms with E-state index in [4.69, 9.17) is 9.15 Å². The van der Waals surface area contributed by atoms with Gasteiger partial charge in [0.1, 0.15) is 17.9 Å². The standard InChI is InChI=1S/C27H24N2O4S/c1-5-13-32-19-10-8-18(9-11-19)23-22-24(30)20-14-17(6-2)7-12-21(20)33-25(22)26(31)29(23)27-28-15(3)16(4)34-27/h5,7-12,14,23H,1,6,13H2,2-4H3. The summed E-state index contributed by atoms with van der Waals surface area (Å²) in [5.41, 5.74) is 3.23. The van der Waals surface area contributed by atoms with Gasteiger partial charge in [0.05, 0.1) is 22.7 Å². The number of carbonyl (C=O) groups excluding carboxylic acids is 1. The quantitative estimate of drug-likeness (QED) is 0.335. The Kier molecular flexibility index (Phi) is 5.57. The van der Waals surface area contributed by atoms with Gasteiger partial charge in [-0.1, -0.05) is 37.8 Å². The topological polar surface area (TPSA) is 72.6 Å². The van der Waals surface area contributed by atoms with Crippen LogP contribution in [0.1, 0.15) is 50.8 Å². The zero-order valence-corrected chi connectivity index (χ0v) is 20.1. The lowest BCUT2D eigenvalue weighted by Crippen LogP contribution is -2.29. The molecule has 1 aliphatic rings. The Hall–Kier alpha value is -3.71. The molecule has 1 atom stereocenters. The maximum atomic E-state index is 13.8. The average molecular weight is 473 g/mol. The van der Waals surface area contributed by atoms with E-state index in [0.29, 0.717) is 34.0 Å². The van der Waals surface area contributed by atoms with Gasteiger partial charge in [-0.2, -0.15) is 0 Å². The zero-order valence-electron chi connectivity index (χ0n) is 19.3. The van der Waals surface area contributed by atoms with Gasteiger partial charge in [-0.3, -0.25) is 14.5 Å². The molecule has 6 nitrogen and oxygen atoms in total. The molecule has 3 heterocycles. The Labute approximate surface area is 201 Å². The highest BCUT2D eigenvalue weighted by molar-refractivity contribution is 7.15. The number of rotatable bonds is 6. The summed E-state index contributed by atoms with van der Waals surface area (Å²) in [4.78, 5) is 34.7. The molecule has 1 unspecified atom stereocenters. The van der Waals surface area contributed by atoms with Gasteiger partial charge in [0, 0.05) is 4.88 Å². The molecule has 1 aliphatic heterocycles. The normalized spacial score (nSPS) is 15.1. The first kappa shape index (κ1) is 22.1. The molecule has 0 saturated heterocycles. The molecule has 0 aliphatic carbocycles. The van der Waals surface area contributed by atoms with Gasteiger partial charge in [0.25, 0.3) is 5.91 Å². The van der Waals surface area contributed by atoms with E-state index in [-0.39, 0.29) is 17.1 Å². The molecule has 2 aromatic carbocycles. The van der Waals surface area contributed by atoms with Crippen molar-refractivity contribution in [3.63, 3.8) is 0 Å². The lowest BCUT2D eigenvalue weighted by Gasteiger charge is -2.22. The first-order valence-electron chi connectivity index (χ1n) is 11.1. The Morgan fingerprint density at radius 2 is 1.94 bits per heavy atom. The molecule has 5 rings (SSSR count). The van der Waals surface area contributed by atoms with E-state index in [2.05, 4.69) is 11.6 Å². The molecular formula is C27H24N2O4S. The second kappa shape index (κ2) is 8.57. The summed E-state index contributed by atoms with van der Waals surface area (Å²) in [5.74, 6) is 0.391.